The van der Waals surface area contributed by atoms with Crippen molar-refractivity contribution in [3.63, 3.8) is 0 Å². The molecule has 2 nitrogen and oxygen atoms in total. The van der Waals surface area contributed by atoms with Crippen molar-refractivity contribution in [3.8, 4) is 0 Å². The molecule has 0 radical (unpaired) electrons. The average molecular weight is 385 g/mol. The molecule has 0 aromatic heterocycles. The van der Waals surface area contributed by atoms with Crippen LogP contribution in [0, 0.1) is 0 Å². The van der Waals surface area contributed by atoms with E-state index in [2.05, 4.69) is 66.0 Å². The number of anilines is 1. The fourth-order valence-electron chi connectivity index (χ4n) is 4.86. The van der Waals surface area contributed by atoms with E-state index in [0.29, 0.717) is 0 Å². The highest BCUT2D eigenvalue weighted by molar-refractivity contribution is 6.12. The van der Waals surface area contributed by atoms with Gasteiger partial charge in [-0.3, -0.25) is 4.79 Å². The van der Waals surface area contributed by atoms with Crippen molar-refractivity contribution in [2.75, 3.05) is 5.32 Å². The Morgan fingerprint density at radius 1 is 0.533 bits per heavy atom. The number of carbonyl (C=O) groups excluding carboxylic acids is 1. The van der Waals surface area contributed by atoms with Crippen LogP contribution >= 0.6 is 0 Å². The lowest BCUT2D eigenvalue weighted by atomic mass is 9.70. The molecule has 5 aromatic carbocycles. The van der Waals surface area contributed by atoms with E-state index in [-0.39, 0.29) is 5.91 Å². The summed E-state index contributed by atoms with van der Waals surface area (Å²) in [6.45, 7) is 0. The van der Waals surface area contributed by atoms with Gasteiger partial charge >= 0.3 is 0 Å². The largest absolute Gasteiger partial charge is 0.324 e. The fraction of sp³-hybridized carbons (Fsp3) is 0.0357. The van der Waals surface area contributed by atoms with Crippen LogP contribution in [0.2, 0.25) is 0 Å². The van der Waals surface area contributed by atoms with Gasteiger partial charge in [0, 0.05) is 11.3 Å². The third-order valence-electron chi connectivity index (χ3n) is 6.26. The molecule has 6 rings (SSSR count). The Labute approximate surface area is 174 Å². The molecule has 0 unspecified atom stereocenters. The first kappa shape index (κ1) is 17.0. The Morgan fingerprint density at radius 3 is 1.97 bits per heavy atom. The van der Waals surface area contributed by atoms with E-state index >= 15 is 0 Å². The van der Waals surface area contributed by atoms with E-state index in [1.165, 1.54) is 16.2 Å². The normalized spacial score (nSPS) is 17.8. The summed E-state index contributed by atoms with van der Waals surface area (Å²) in [6, 6.07) is 37.3. The number of amides is 1. The minimum Gasteiger partial charge on any atom is -0.324 e. The van der Waals surface area contributed by atoms with Gasteiger partial charge in [0.2, 0.25) is 5.91 Å². The van der Waals surface area contributed by atoms with Gasteiger partial charge in [0.05, 0.1) is 0 Å². The number of para-hydroxylation sites is 1. The number of hydrogen-bond donors (Lipinski definition) is 1. The van der Waals surface area contributed by atoms with E-state index in [1.54, 1.807) is 0 Å². The summed E-state index contributed by atoms with van der Waals surface area (Å²) < 4.78 is 0. The molecule has 30 heavy (non-hydrogen) atoms. The van der Waals surface area contributed by atoms with Crippen molar-refractivity contribution in [3.05, 3.63) is 126 Å². The Morgan fingerprint density at radius 2 is 1.17 bits per heavy atom. The first-order valence-electron chi connectivity index (χ1n) is 10.2. The maximum atomic E-state index is 13.6. The topological polar surface area (TPSA) is 29.1 Å². The smallest absolute Gasteiger partial charge is 0.244 e. The van der Waals surface area contributed by atoms with Crippen LogP contribution in [0.15, 0.2) is 109 Å². The third kappa shape index (κ3) is 2.28. The molecular formula is C28H19NO. The summed E-state index contributed by atoms with van der Waals surface area (Å²) in [5, 5.41) is 7.86. The molecule has 1 atom stereocenters. The van der Waals surface area contributed by atoms with E-state index < -0.39 is 5.41 Å². The number of fused-ring (bicyclic) bond motifs is 3. The van der Waals surface area contributed by atoms with Gasteiger partial charge in [-0.1, -0.05) is 84.9 Å². The lowest BCUT2D eigenvalue weighted by Crippen LogP contribution is -2.37. The molecule has 1 heterocycles. The van der Waals surface area contributed by atoms with Crippen molar-refractivity contribution < 1.29 is 4.79 Å². The first-order valence-corrected chi connectivity index (χ1v) is 10.2. The molecule has 0 saturated carbocycles. The molecule has 1 aliphatic rings. The molecule has 1 amide bonds. The van der Waals surface area contributed by atoms with Gasteiger partial charge in [0.15, 0.2) is 0 Å². The van der Waals surface area contributed by atoms with Crippen LogP contribution < -0.4 is 5.32 Å². The summed E-state index contributed by atoms with van der Waals surface area (Å²) in [6.07, 6.45) is 0. The van der Waals surface area contributed by atoms with Crippen molar-refractivity contribution in [2.24, 2.45) is 0 Å². The van der Waals surface area contributed by atoms with Gasteiger partial charge in [0.1, 0.15) is 5.41 Å². The predicted molar refractivity (Wildman–Crippen MR) is 123 cm³/mol. The van der Waals surface area contributed by atoms with E-state index in [4.69, 9.17) is 0 Å². The van der Waals surface area contributed by atoms with Gasteiger partial charge < -0.3 is 5.32 Å². The van der Waals surface area contributed by atoms with Crippen LogP contribution in [0.4, 0.5) is 5.69 Å². The number of rotatable bonds is 2. The Hall–Kier alpha value is -3.91. The standard InChI is InChI=1S/C28H19NO/c30-27-28(23-10-2-1-3-11-23,25-12-6-7-13-26(25)29-27)24-15-14-21-16-19-8-4-5-9-20(19)17-22(21)18-24/h1-18H,(H,29,30)/t28-/m1/s1. The van der Waals surface area contributed by atoms with Crippen LogP contribution in [0.3, 0.4) is 0 Å². The van der Waals surface area contributed by atoms with Crippen molar-refractivity contribution in [2.45, 2.75) is 5.41 Å². The second kappa shape index (κ2) is 6.30. The summed E-state index contributed by atoms with van der Waals surface area (Å²) in [5.74, 6) is -0.00459. The maximum absolute atomic E-state index is 13.6. The van der Waals surface area contributed by atoms with Gasteiger partial charge in [-0.05, 0) is 56.9 Å². The van der Waals surface area contributed by atoms with Crippen molar-refractivity contribution in [1.29, 1.82) is 0 Å². The second-order valence-electron chi connectivity index (χ2n) is 7.88. The molecule has 0 aliphatic carbocycles. The molecule has 5 aromatic rings. The number of hydrogen-bond acceptors (Lipinski definition) is 1. The lowest BCUT2D eigenvalue weighted by molar-refractivity contribution is -0.118. The van der Waals surface area contributed by atoms with Crippen LogP contribution in [0.25, 0.3) is 21.5 Å². The van der Waals surface area contributed by atoms with Crippen molar-refractivity contribution >= 4 is 33.1 Å². The maximum Gasteiger partial charge on any atom is 0.244 e. The monoisotopic (exact) mass is 385 g/mol. The van der Waals surface area contributed by atoms with Gasteiger partial charge in [-0.2, -0.15) is 0 Å². The lowest BCUT2D eigenvalue weighted by Gasteiger charge is -2.29. The molecule has 0 bridgehead atoms. The van der Waals surface area contributed by atoms with Gasteiger partial charge in [0.25, 0.3) is 0 Å². The number of carbonyl (C=O) groups is 1. The molecule has 2 heteroatoms. The second-order valence-corrected chi connectivity index (χ2v) is 7.88. The summed E-state index contributed by atoms with van der Waals surface area (Å²) in [5.41, 5.74) is 2.98. The SMILES string of the molecule is O=C1Nc2ccccc2[C@@]1(c1ccccc1)c1ccc2cc3ccccc3cc2c1. The average Bonchev–Trinajstić information content (AvgIpc) is 3.10. The van der Waals surface area contributed by atoms with Crippen LogP contribution in [0.5, 0.6) is 0 Å². The molecular weight excluding hydrogens is 366 g/mol. The molecule has 1 N–H and O–H groups in total. The van der Waals surface area contributed by atoms with Crippen molar-refractivity contribution in [1.82, 2.24) is 0 Å². The zero-order valence-corrected chi connectivity index (χ0v) is 16.3. The highest BCUT2D eigenvalue weighted by Gasteiger charge is 2.49. The zero-order valence-electron chi connectivity index (χ0n) is 16.3. The van der Waals surface area contributed by atoms with Gasteiger partial charge in [-0.15, -0.1) is 0 Å². The minimum atomic E-state index is -0.863. The third-order valence-corrected chi connectivity index (χ3v) is 6.26. The number of benzene rings is 5. The molecule has 0 fully saturated rings. The van der Waals surface area contributed by atoms with Gasteiger partial charge in [-0.25, -0.2) is 0 Å². The molecule has 142 valence electrons. The first-order chi connectivity index (χ1) is 14.8. The van der Waals surface area contributed by atoms with E-state index in [9.17, 15) is 4.79 Å². The summed E-state index contributed by atoms with van der Waals surface area (Å²) >= 11 is 0. The van der Waals surface area contributed by atoms with Crippen LogP contribution in [0.1, 0.15) is 16.7 Å². The Bertz CT molecular complexity index is 1440. The predicted octanol–water partition coefficient (Wildman–Crippen LogP) is 6.28. The summed E-state index contributed by atoms with van der Waals surface area (Å²) in [7, 11) is 0. The number of nitrogens with one attached hydrogen (secondary N) is 1. The minimum absolute atomic E-state index is 0.00459. The van der Waals surface area contributed by atoms with Crippen LogP contribution in [-0.2, 0) is 10.2 Å². The van der Waals surface area contributed by atoms with E-state index in [1.807, 2.05) is 48.5 Å². The Kier molecular flexibility index (Phi) is 3.57. The highest BCUT2D eigenvalue weighted by Crippen LogP contribution is 2.48. The zero-order chi connectivity index (χ0) is 20.1. The molecule has 0 saturated heterocycles. The quantitative estimate of drug-likeness (QED) is 0.356. The summed E-state index contributed by atoms with van der Waals surface area (Å²) in [4.78, 5) is 13.6. The fourth-order valence-corrected chi connectivity index (χ4v) is 4.86. The van der Waals surface area contributed by atoms with Crippen LogP contribution in [-0.4, -0.2) is 5.91 Å². The Balaban J connectivity index is 1.68. The molecule has 1 aliphatic heterocycles. The van der Waals surface area contributed by atoms with E-state index in [0.717, 1.165) is 27.8 Å². The highest BCUT2D eigenvalue weighted by atomic mass is 16.2. The molecule has 0 spiro atoms.